The Bertz CT molecular complexity index is 1060. The quantitative estimate of drug-likeness (QED) is 0.715. The van der Waals surface area contributed by atoms with Crippen molar-refractivity contribution in [3.63, 3.8) is 0 Å². The molecular formula is C15H14N4O3S2. The fraction of sp³-hybridized carbons (Fsp3) is 0.200. The topological polar surface area (TPSA) is 100.0 Å². The molecule has 0 aliphatic heterocycles. The number of nitrogens with zero attached hydrogens (tertiary/aromatic N) is 3. The van der Waals surface area contributed by atoms with Crippen LogP contribution in [0.4, 0.5) is 5.82 Å². The maximum Gasteiger partial charge on any atom is 0.332 e. The summed E-state index contributed by atoms with van der Waals surface area (Å²) in [5, 5.41) is 2.22. The summed E-state index contributed by atoms with van der Waals surface area (Å²) in [4.78, 5) is 42.2. The monoisotopic (exact) mass is 362 g/mol. The van der Waals surface area contributed by atoms with Crippen molar-refractivity contribution in [2.75, 3.05) is 5.73 Å². The van der Waals surface area contributed by atoms with Gasteiger partial charge in [-0.05, 0) is 11.4 Å². The van der Waals surface area contributed by atoms with Crippen molar-refractivity contribution < 1.29 is 4.79 Å². The minimum Gasteiger partial charge on any atom is -0.384 e. The van der Waals surface area contributed by atoms with Crippen LogP contribution in [-0.2, 0) is 14.1 Å². The molecule has 0 radical (unpaired) electrons. The average Bonchev–Trinajstić information content (AvgIpc) is 3.20. The van der Waals surface area contributed by atoms with Crippen molar-refractivity contribution in [3.05, 3.63) is 43.2 Å². The number of nitrogen functional groups attached to an aromatic ring is 1. The fourth-order valence-electron chi connectivity index (χ4n) is 2.31. The predicted octanol–water partition coefficient (Wildman–Crippen LogP) is 1.72. The van der Waals surface area contributed by atoms with Crippen molar-refractivity contribution >= 4 is 34.3 Å². The number of nitrogens with two attached hydrogens (primary N) is 1. The third-order valence-corrected chi connectivity index (χ3v) is 5.68. The van der Waals surface area contributed by atoms with Crippen LogP contribution in [0.25, 0.3) is 21.1 Å². The Hall–Kier alpha value is -2.52. The Kier molecular flexibility index (Phi) is 3.98. The number of thiazole rings is 1. The van der Waals surface area contributed by atoms with Gasteiger partial charge < -0.3 is 5.73 Å². The molecule has 0 spiro atoms. The van der Waals surface area contributed by atoms with E-state index in [0.29, 0.717) is 15.6 Å². The first kappa shape index (κ1) is 16.3. The third kappa shape index (κ3) is 2.42. The maximum atomic E-state index is 12.5. The second-order valence-electron chi connectivity index (χ2n) is 5.20. The van der Waals surface area contributed by atoms with Crippen LogP contribution in [-0.4, -0.2) is 19.9 Å². The zero-order chi connectivity index (χ0) is 17.6. The highest BCUT2D eigenvalue weighted by Crippen LogP contribution is 2.36. The number of thiophene rings is 1. The molecule has 3 rings (SSSR count). The predicted molar refractivity (Wildman–Crippen MR) is 95.8 cm³/mol. The van der Waals surface area contributed by atoms with Gasteiger partial charge in [-0.2, -0.15) is 0 Å². The van der Waals surface area contributed by atoms with Crippen LogP contribution < -0.4 is 17.0 Å². The van der Waals surface area contributed by atoms with Gasteiger partial charge in [-0.25, -0.2) is 9.78 Å². The van der Waals surface area contributed by atoms with Gasteiger partial charge in [0.25, 0.3) is 5.56 Å². The Morgan fingerprint density at radius 3 is 2.54 bits per heavy atom. The molecule has 7 nitrogen and oxygen atoms in total. The van der Waals surface area contributed by atoms with E-state index in [1.807, 2.05) is 17.5 Å². The molecule has 0 bridgehead atoms. The molecule has 0 aromatic carbocycles. The lowest BCUT2D eigenvalue weighted by Crippen LogP contribution is -2.39. The zero-order valence-corrected chi connectivity index (χ0v) is 14.8. The number of carbonyl (C=O) groups excluding carboxylic acids is 1. The fourth-order valence-corrected chi connectivity index (χ4v) is 4.11. The summed E-state index contributed by atoms with van der Waals surface area (Å²) in [6.07, 6.45) is 0. The molecule has 24 heavy (non-hydrogen) atoms. The normalized spacial score (nSPS) is 11.0. The second kappa shape index (κ2) is 5.84. The maximum absolute atomic E-state index is 12.5. The van der Waals surface area contributed by atoms with Crippen LogP contribution in [0.5, 0.6) is 0 Å². The van der Waals surface area contributed by atoms with Gasteiger partial charge in [-0.1, -0.05) is 6.07 Å². The minimum atomic E-state index is -0.530. The van der Waals surface area contributed by atoms with Crippen molar-refractivity contribution in [1.82, 2.24) is 14.1 Å². The molecule has 9 heteroatoms. The first-order valence-electron chi connectivity index (χ1n) is 6.94. The lowest BCUT2D eigenvalue weighted by atomic mass is 10.2. The molecule has 0 amide bonds. The SMILES string of the molecule is CC(=O)c1sc(-c2c(N)n(C)c(=O)n(C)c2=O)nc1-c1cccs1. The lowest BCUT2D eigenvalue weighted by molar-refractivity contribution is 0.102. The molecule has 0 aliphatic rings. The van der Waals surface area contributed by atoms with E-state index in [1.54, 1.807) is 0 Å². The first-order chi connectivity index (χ1) is 11.3. The third-order valence-electron chi connectivity index (χ3n) is 3.63. The molecular weight excluding hydrogens is 348 g/mol. The molecule has 0 fully saturated rings. The Morgan fingerprint density at radius 1 is 1.25 bits per heavy atom. The number of carbonyl (C=O) groups is 1. The summed E-state index contributed by atoms with van der Waals surface area (Å²) >= 11 is 2.56. The molecule has 124 valence electrons. The number of anilines is 1. The van der Waals surface area contributed by atoms with E-state index in [0.717, 1.165) is 20.8 Å². The lowest BCUT2D eigenvalue weighted by Gasteiger charge is -2.09. The van der Waals surface area contributed by atoms with Gasteiger partial charge in [-0.3, -0.25) is 18.7 Å². The van der Waals surface area contributed by atoms with Gasteiger partial charge in [0, 0.05) is 21.0 Å². The summed E-state index contributed by atoms with van der Waals surface area (Å²) in [5.41, 5.74) is 5.60. The standard InChI is InChI=1S/C15H14N4O3S2/c1-7(20)11-10(8-5-4-6-23-8)17-13(24-11)9-12(16)18(2)15(22)19(3)14(9)21/h4-6H,16H2,1-3H3. The number of aromatic nitrogens is 3. The zero-order valence-electron chi connectivity index (χ0n) is 13.2. The van der Waals surface area contributed by atoms with Gasteiger partial charge in [0.05, 0.1) is 9.75 Å². The van der Waals surface area contributed by atoms with Crippen LogP contribution in [0.2, 0.25) is 0 Å². The molecule has 2 N–H and O–H groups in total. The van der Waals surface area contributed by atoms with Gasteiger partial charge >= 0.3 is 5.69 Å². The molecule has 0 saturated heterocycles. The Balaban J connectivity index is 2.34. The largest absolute Gasteiger partial charge is 0.384 e. The molecule has 3 aromatic rings. The van der Waals surface area contributed by atoms with Crippen molar-refractivity contribution in [2.24, 2.45) is 14.1 Å². The highest BCUT2D eigenvalue weighted by Gasteiger charge is 2.23. The van der Waals surface area contributed by atoms with E-state index in [2.05, 4.69) is 4.98 Å². The highest BCUT2D eigenvalue weighted by molar-refractivity contribution is 7.18. The van der Waals surface area contributed by atoms with E-state index >= 15 is 0 Å². The second-order valence-corrected chi connectivity index (χ2v) is 7.14. The van der Waals surface area contributed by atoms with Gasteiger partial charge in [-0.15, -0.1) is 22.7 Å². The highest BCUT2D eigenvalue weighted by atomic mass is 32.1. The smallest absolute Gasteiger partial charge is 0.332 e. The molecule has 0 saturated carbocycles. The molecule has 3 aromatic heterocycles. The van der Waals surface area contributed by atoms with Crippen molar-refractivity contribution in [3.8, 4) is 21.1 Å². The molecule has 0 unspecified atom stereocenters. The summed E-state index contributed by atoms with van der Waals surface area (Å²) in [6.45, 7) is 1.45. The summed E-state index contributed by atoms with van der Waals surface area (Å²) in [7, 11) is 2.87. The van der Waals surface area contributed by atoms with Crippen LogP contribution in [0.3, 0.4) is 0 Å². The number of ketones is 1. The molecule has 3 heterocycles. The van der Waals surface area contributed by atoms with Crippen LogP contribution in [0, 0.1) is 0 Å². The van der Waals surface area contributed by atoms with Crippen LogP contribution in [0.1, 0.15) is 16.6 Å². The number of hydrogen-bond donors (Lipinski definition) is 1. The summed E-state index contributed by atoms with van der Waals surface area (Å²) in [5.74, 6) is -0.105. The van der Waals surface area contributed by atoms with Gasteiger partial charge in [0.15, 0.2) is 5.78 Å². The summed E-state index contributed by atoms with van der Waals surface area (Å²) < 4.78 is 2.17. The van der Waals surface area contributed by atoms with E-state index in [1.165, 1.54) is 36.9 Å². The van der Waals surface area contributed by atoms with Crippen molar-refractivity contribution in [2.45, 2.75) is 6.92 Å². The van der Waals surface area contributed by atoms with E-state index in [4.69, 9.17) is 5.73 Å². The summed E-state index contributed by atoms with van der Waals surface area (Å²) in [6, 6.07) is 3.72. The average molecular weight is 362 g/mol. The van der Waals surface area contributed by atoms with E-state index in [-0.39, 0.29) is 17.2 Å². The van der Waals surface area contributed by atoms with Gasteiger partial charge in [0.2, 0.25) is 0 Å². The minimum absolute atomic E-state index is 0.0321. The van der Waals surface area contributed by atoms with Crippen molar-refractivity contribution in [1.29, 1.82) is 0 Å². The molecule has 0 aliphatic carbocycles. The van der Waals surface area contributed by atoms with Crippen LogP contribution >= 0.6 is 22.7 Å². The Labute approximate surface area is 144 Å². The van der Waals surface area contributed by atoms with Gasteiger partial charge in [0.1, 0.15) is 22.1 Å². The molecule has 0 atom stereocenters. The van der Waals surface area contributed by atoms with E-state index in [9.17, 15) is 14.4 Å². The Morgan fingerprint density at radius 2 is 1.96 bits per heavy atom. The number of hydrogen-bond acceptors (Lipinski definition) is 7. The first-order valence-corrected chi connectivity index (χ1v) is 8.64. The number of Topliss-reactive ketones (excluding diaryl/α,β-unsaturated/α-hetero) is 1. The van der Waals surface area contributed by atoms with Crippen LogP contribution in [0.15, 0.2) is 27.1 Å². The van der Waals surface area contributed by atoms with E-state index < -0.39 is 11.2 Å². The number of rotatable bonds is 3.